The molecule has 0 unspecified atom stereocenters. The summed E-state index contributed by atoms with van der Waals surface area (Å²) in [5.74, 6) is 0.864. The van der Waals surface area contributed by atoms with Gasteiger partial charge in [-0.25, -0.2) is 14.4 Å². The Morgan fingerprint density at radius 2 is 2.05 bits per heavy atom. The average Bonchev–Trinajstić information content (AvgIpc) is 2.75. The molecule has 1 aromatic carbocycles. The normalized spacial score (nSPS) is 11.2. The predicted octanol–water partition coefficient (Wildman–Crippen LogP) is 4.30. The minimum absolute atomic E-state index is 0.294. The first-order valence-corrected chi connectivity index (χ1v) is 7.36. The fourth-order valence-electron chi connectivity index (χ4n) is 2.36. The minimum Gasteiger partial charge on any atom is -0.281 e. The number of imidazole rings is 1. The molecule has 0 bridgehead atoms. The Morgan fingerprint density at radius 1 is 1.24 bits per heavy atom. The van der Waals surface area contributed by atoms with Crippen LogP contribution < -0.4 is 0 Å². The van der Waals surface area contributed by atoms with Gasteiger partial charge in [0, 0.05) is 18.5 Å². The lowest BCUT2D eigenvalue weighted by molar-refractivity contribution is 0.625. The molecule has 2 heterocycles. The van der Waals surface area contributed by atoms with Gasteiger partial charge in [0.05, 0.1) is 10.7 Å². The summed E-state index contributed by atoms with van der Waals surface area (Å²) in [5, 5.41) is 0.514. The maximum Gasteiger partial charge on any atom is 0.164 e. The molecule has 3 nitrogen and oxygen atoms in total. The van der Waals surface area contributed by atoms with E-state index in [4.69, 9.17) is 23.2 Å². The Kier molecular flexibility index (Phi) is 3.83. The molecule has 0 saturated heterocycles. The van der Waals surface area contributed by atoms with Crippen LogP contribution in [0.15, 0.2) is 30.5 Å². The van der Waals surface area contributed by atoms with Crippen LogP contribution in [-0.4, -0.2) is 20.4 Å². The van der Waals surface area contributed by atoms with Crippen molar-refractivity contribution in [3.05, 3.63) is 52.7 Å². The summed E-state index contributed by atoms with van der Waals surface area (Å²) in [5.41, 5.74) is 2.83. The lowest BCUT2D eigenvalue weighted by Crippen LogP contribution is -2.03. The van der Waals surface area contributed by atoms with Crippen molar-refractivity contribution in [2.24, 2.45) is 0 Å². The Balaban J connectivity index is 2.30. The first-order valence-electron chi connectivity index (χ1n) is 6.45. The van der Waals surface area contributed by atoms with Crippen LogP contribution in [0.2, 0.25) is 5.02 Å². The zero-order valence-corrected chi connectivity index (χ0v) is 12.8. The summed E-state index contributed by atoms with van der Waals surface area (Å²) in [6.07, 6.45) is 2.11. The molecule has 0 spiro atoms. The number of nitrogens with zero attached hydrogens (tertiary/aromatic N) is 3. The predicted molar refractivity (Wildman–Crippen MR) is 83.0 cm³/mol. The third-order valence-corrected chi connectivity index (χ3v) is 3.53. The van der Waals surface area contributed by atoms with Crippen molar-refractivity contribution in [3.8, 4) is 5.69 Å². The summed E-state index contributed by atoms with van der Waals surface area (Å²) in [6.45, 7) is 1.84. The van der Waals surface area contributed by atoms with Gasteiger partial charge in [-0.05, 0) is 36.8 Å². The topological polar surface area (TPSA) is 30.7 Å². The zero-order chi connectivity index (χ0) is 15.0. The van der Waals surface area contributed by atoms with E-state index in [1.165, 1.54) is 12.1 Å². The first kappa shape index (κ1) is 14.3. The van der Waals surface area contributed by atoms with Crippen LogP contribution in [-0.2, 0) is 6.42 Å². The van der Waals surface area contributed by atoms with Gasteiger partial charge in [-0.2, -0.15) is 0 Å². The van der Waals surface area contributed by atoms with Crippen molar-refractivity contribution in [3.63, 3.8) is 0 Å². The highest BCUT2D eigenvalue weighted by atomic mass is 35.5. The van der Waals surface area contributed by atoms with Gasteiger partial charge in [0.25, 0.3) is 0 Å². The van der Waals surface area contributed by atoms with Crippen LogP contribution in [0.3, 0.4) is 0 Å². The third-order valence-electron chi connectivity index (χ3n) is 3.14. The van der Waals surface area contributed by atoms with Gasteiger partial charge >= 0.3 is 0 Å². The summed E-state index contributed by atoms with van der Waals surface area (Å²) in [7, 11) is 0. The molecule has 0 aliphatic heterocycles. The number of fused-ring (bicyclic) bond motifs is 1. The molecule has 3 aromatic rings. The molecule has 0 saturated carbocycles. The van der Waals surface area contributed by atoms with E-state index < -0.39 is 0 Å². The van der Waals surface area contributed by atoms with Gasteiger partial charge in [0.15, 0.2) is 5.65 Å². The molecule has 2 aromatic heterocycles. The van der Waals surface area contributed by atoms with E-state index >= 15 is 0 Å². The molecular formula is C15H12Cl2FN3. The van der Waals surface area contributed by atoms with Crippen molar-refractivity contribution < 1.29 is 4.39 Å². The van der Waals surface area contributed by atoms with Crippen LogP contribution in [0.1, 0.15) is 11.4 Å². The van der Waals surface area contributed by atoms with E-state index in [0.29, 0.717) is 34.2 Å². The number of aryl methyl sites for hydroxylation is 2. The third kappa shape index (κ3) is 2.74. The van der Waals surface area contributed by atoms with Crippen LogP contribution in [0, 0.1) is 12.7 Å². The Hall–Kier alpha value is -1.65. The van der Waals surface area contributed by atoms with E-state index in [1.807, 2.05) is 17.6 Å². The quantitative estimate of drug-likeness (QED) is 0.673. The van der Waals surface area contributed by atoms with Crippen LogP contribution in [0.25, 0.3) is 16.9 Å². The maximum atomic E-state index is 13.7. The Labute approximate surface area is 131 Å². The Morgan fingerprint density at radius 3 is 2.76 bits per heavy atom. The number of rotatable bonds is 3. The molecule has 3 rings (SSSR count). The van der Waals surface area contributed by atoms with Crippen molar-refractivity contribution in [2.45, 2.75) is 13.3 Å². The smallest absolute Gasteiger partial charge is 0.164 e. The minimum atomic E-state index is -0.294. The van der Waals surface area contributed by atoms with Crippen LogP contribution in [0.4, 0.5) is 4.39 Å². The number of halogens is 3. The number of benzene rings is 1. The Bertz CT molecular complexity index is 794. The molecule has 0 amide bonds. The largest absolute Gasteiger partial charge is 0.281 e. The van der Waals surface area contributed by atoms with E-state index in [-0.39, 0.29) is 5.82 Å². The molecule has 0 aliphatic carbocycles. The number of alkyl halides is 1. The van der Waals surface area contributed by atoms with E-state index in [2.05, 4.69) is 9.97 Å². The number of aromatic nitrogens is 3. The van der Waals surface area contributed by atoms with Gasteiger partial charge in [0.1, 0.15) is 17.2 Å². The lowest BCUT2D eigenvalue weighted by Gasteiger charge is -2.09. The fraction of sp³-hybridized carbons (Fsp3) is 0.200. The van der Waals surface area contributed by atoms with Gasteiger partial charge in [0.2, 0.25) is 0 Å². The van der Waals surface area contributed by atoms with Gasteiger partial charge in [-0.1, -0.05) is 11.6 Å². The SMILES string of the molecule is Cc1cc(F)cc(-n2c(CCCl)nc3cc(Cl)cnc32)c1. The van der Waals surface area contributed by atoms with Crippen molar-refractivity contribution in [2.75, 3.05) is 5.88 Å². The molecule has 108 valence electrons. The first-order chi connectivity index (χ1) is 10.1. The molecule has 0 radical (unpaired) electrons. The monoisotopic (exact) mass is 323 g/mol. The summed E-state index contributed by atoms with van der Waals surface area (Å²) < 4.78 is 15.5. The van der Waals surface area contributed by atoms with Crippen molar-refractivity contribution in [1.82, 2.24) is 14.5 Å². The standard InChI is InChI=1S/C15H12Cl2FN3/c1-9-4-11(18)7-12(5-9)21-14(2-3-16)20-13-6-10(17)8-19-15(13)21/h4-8H,2-3H2,1H3. The molecule has 0 N–H and O–H groups in total. The molecule has 6 heteroatoms. The highest BCUT2D eigenvalue weighted by Gasteiger charge is 2.14. The van der Waals surface area contributed by atoms with Crippen molar-refractivity contribution >= 4 is 34.4 Å². The second-order valence-corrected chi connectivity index (χ2v) is 5.60. The fourth-order valence-corrected chi connectivity index (χ4v) is 2.68. The summed E-state index contributed by atoms with van der Waals surface area (Å²) in [4.78, 5) is 8.83. The number of pyridine rings is 1. The highest BCUT2D eigenvalue weighted by Crippen LogP contribution is 2.24. The summed E-state index contributed by atoms with van der Waals surface area (Å²) in [6, 6.07) is 6.57. The van der Waals surface area contributed by atoms with Crippen molar-refractivity contribution in [1.29, 1.82) is 0 Å². The van der Waals surface area contributed by atoms with E-state index in [0.717, 1.165) is 11.4 Å². The highest BCUT2D eigenvalue weighted by molar-refractivity contribution is 6.31. The second-order valence-electron chi connectivity index (χ2n) is 4.79. The van der Waals surface area contributed by atoms with Gasteiger partial charge in [-0.3, -0.25) is 4.57 Å². The average molecular weight is 324 g/mol. The summed E-state index contributed by atoms with van der Waals surface area (Å²) >= 11 is 11.8. The number of hydrogen-bond donors (Lipinski definition) is 0. The maximum absolute atomic E-state index is 13.7. The number of hydrogen-bond acceptors (Lipinski definition) is 2. The molecular weight excluding hydrogens is 312 g/mol. The second kappa shape index (κ2) is 5.62. The van der Waals surface area contributed by atoms with Crippen LogP contribution in [0.5, 0.6) is 0 Å². The lowest BCUT2D eigenvalue weighted by atomic mass is 10.2. The molecule has 0 aliphatic rings. The molecule has 21 heavy (non-hydrogen) atoms. The van der Waals surface area contributed by atoms with Gasteiger partial charge < -0.3 is 0 Å². The van der Waals surface area contributed by atoms with E-state index in [1.54, 1.807) is 12.3 Å². The zero-order valence-electron chi connectivity index (χ0n) is 11.3. The molecule has 0 atom stereocenters. The molecule has 0 fully saturated rings. The van der Waals surface area contributed by atoms with E-state index in [9.17, 15) is 4.39 Å². The van der Waals surface area contributed by atoms with Crippen LogP contribution >= 0.6 is 23.2 Å². The van der Waals surface area contributed by atoms with Gasteiger partial charge in [-0.15, -0.1) is 11.6 Å².